The zero-order valence-corrected chi connectivity index (χ0v) is 14.2. The molecule has 1 fully saturated rings. The fourth-order valence-corrected chi connectivity index (χ4v) is 4.08. The fraction of sp³-hybridized carbons (Fsp3) is 0.625. The molecule has 0 unspecified atom stereocenters. The van der Waals surface area contributed by atoms with Gasteiger partial charge in [0.2, 0.25) is 10.0 Å². The molecule has 0 radical (unpaired) electrons. The van der Waals surface area contributed by atoms with Crippen molar-refractivity contribution in [3.05, 3.63) is 35.9 Å². The number of morpholine rings is 1. The van der Waals surface area contributed by atoms with Gasteiger partial charge in [-0.3, -0.25) is 4.90 Å². The third-order valence-corrected chi connectivity index (χ3v) is 5.50. The first-order valence-electron chi connectivity index (χ1n) is 7.88. The van der Waals surface area contributed by atoms with Crippen LogP contribution in [0.1, 0.15) is 25.8 Å². The lowest BCUT2D eigenvalue weighted by atomic mass is 10.1. The van der Waals surface area contributed by atoms with E-state index < -0.39 is 10.0 Å². The Bertz CT molecular complexity index is 548. The monoisotopic (exact) mass is 326 g/mol. The normalized spacial score (nSPS) is 21.6. The predicted molar refractivity (Wildman–Crippen MR) is 88.1 cm³/mol. The Morgan fingerprint density at radius 2 is 2.09 bits per heavy atom. The van der Waals surface area contributed by atoms with E-state index in [4.69, 9.17) is 4.74 Å². The average molecular weight is 326 g/mol. The first-order valence-corrected chi connectivity index (χ1v) is 9.53. The zero-order chi connectivity index (χ0) is 16.0. The maximum atomic E-state index is 11.9. The van der Waals surface area contributed by atoms with Crippen molar-refractivity contribution in [2.45, 2.75) is 39.0 Å². The Balaban J connectivity index is 1.90. The summed E-state index contributed by atoms with van der Waals surface area (Å²) in [7, 11) is -3.21. The lowest BCUT2D eigenvalue weighted by Crippen LogP contribution is -2.52. The standard InChI is InChI=1S/C16H26N2O3S/c1-3-11-22(19,20)17-14(2)16-13-18(9-10-21-16)12-15-7-5-4-6-8-15/h4-8,14,16-17H,3,9-13H2,1-2H3/t14-,16+/m1/s1. The van der Waals surface area contributed by atoms with Gasteiger partial charge in [-0.25, -0.2) is 13.1 Å². The summed E-state index contributed by atoms with van der Waals surface area (Å²) < 4.78 is 32.2. The lowest BCUT2D eigenvalue weighted by Gasteiger charge is -2.36. The van der Waals surface area contributed by atoms with Gasteiger partial charge in [-0.2, -0.15) is 0 Å². The summed E-state index contributed by atoms with van der Waals surface area (Å²) >= 11 is 0. The van der Waals surface area contributed by atoms with Crippen molar-refractivity contribution in [3.63, 3.8) is 0 Å². The van der Waals surface area contributed by atoms with Gasteiger partial charge in [-0.05, 0) is 18.9 Å². The van der Waals surface area contributed by atoms with Crippen LogP contribution >= 0.6 is 0 Å². The van der Waals surface area contributed by atoms with E-state index in [0.717, 1.165) is 19.6 Å². The van der Waals surface area contributed by atoms with Gasteiger partial charge >= 0.3 is 0 Å². The van der Waals surface area contributed by atoms with Gasteiger partial charge in [0.1, 0.15) is 0 Å². The first kappa shape index (κ1) is 17.4. The number of nitrogens with zero attached hydrogens (tertiary/aromatic N) is 1. The van der Waals surface area contributed by atoms with Crippen LogP contribution in [0, 0.1) is 0 Å². The highest BCUT2D eigenvalue weighted by atomic mass is 32.2. The van der Waals surface area contributed by atoms with E-state index in [9.17, 15) is 8.42 Å². The van der Waals surface area contributed by atoms with Crippen LogP contribution in [0.4, 0.5) is 0 Å². The second-order valence-electron chi connectivity index (χ2n) is 5.86. The third kappa shape index (κ3) is 5.35. The molecule has 0 saturated carbocycles. The first-order chi connectivity index (χ1) is 10.5. The predicted octanol–water partition coefficient (Wildman–Crippen LogP) is 1.61. The molecule has 2 atom stereocenters. The molecule has 2 rings (SSSR count). The number of benzene rings is 1. The lowest BCUT2D eigenvalue weighted by molar-refractivity contribution is -0.0427. The molecule has 1 saturated heterocycles. The van der Waals surface area contributed by atoms with E-state index in [2.05, 4.69) is 21.8 Å². The summed E-state index contributed by atoms with van der Waals surface area (Å²) in [5.41, 5.74) is 1.27. The highest BCUT2D eigenvalue weighted by Crippen LogP contribution is 2.13. The zero-order valence-electron chi connectivity index (χ0n) is 13.4. The van der Waals surface area contributed by atoms with Crippen LogP contribution in [0.15, 0.2) is 30.3 Å². The summed E-state index contributed by atoms with van der Waals surface area (Å²) in [6, 6.07) is 10.1. The molecule has 1 N–H and O–H groups in total. The molecule has 1 heterocycles. The molecule has 0 bridgehead atoms. The average Bonchev–Trinajstić information content (AvgIpc) is 2.48. The van der Waals surface area contributed by atoms with Crippen LogP contribution in [0.2, 0.25) is 0 Å². The van der Waals surface area contributed by atoms with Crippen molar-refractivity contribution in [1.29, 1.82) is 0 Å². The molecule has 1 aliphatic rings. The summed E-state index contributed by atoms with van der Waals surface area (Å²) in [4.78, 5) is 2.31. The van der Waals surface area contributed by atoms with Crippen LogP contribution in [-0.4, -0.2) is 50.9 Å². The van der Waals surface area contributed by atoms with Crippen molar-refractivity contribution in [1.82, 2.24) is 9.62 Å². The second-order valence-corrected chi connectivity index (χ2v) is 7.73. The van der Waals surface area contributed by atoms with E-state index >= 15 is 0 Å². The molecule has 0 spiro atoms. The summed E-state index contributed by atoms with van der Waals surface area (Å²) in [5.74, 6) is 0.164. The summed E-state index contributed by atoms with van der Waals surface area (Å²) in [6.45, 7) is 6.86. The molecular weight excluding hydrogens is 300 g/mol. The Kier molecular flexibility index (Phi) is 6.37. The molecule has 1 aromatic carbocycles. The van der Waals surface area contributed by atoms with Crippen molar-refractivity contribution in [2.75, 3.05) is 25.4 Å². The van der Waals surface area contributed by atoms with Gasteiger partial charge in [0.15, 0.2) is 0 Å². The van der Waals surface area contributed by atoms with Gasteiger partial charge in [0.25, 0.3) is 0 Å². The smallest absolute Gasteiger partial charge is 0.211 e. The van der Waals surface area contributed by atoms with E-state index in [-0.39, 0.29) is 17.9 Å². The van der Waals surface area contributed by atoms with Gasteiger partial charge in [-0.1, -0.05) is 37.3 Å². The maximum absolute atomic E-state index is 11.9. The number of hydrogen-bond acceptors (Lipinski definition) is 4. The molecule has 0 amide bonds. The molecule has 1 aromatic rings. The highest BCUT2D eigenvalue weighted by Gasteiger charge is 2.27. The topological polar surface area (TPSA) is 58.6 Å². The van der Waals surface area contributed by atoms with E-state index in [1.165, 1.54) is 5.56 Å². The van der Waals surface area contributed by atoms with Gasteiger partial charge < -0.3 is 4.74 Å². The molecule has 1 aliphatic heterocycles. The van der Waals surface area contributed by atoms with E-state index in [1.807, 2.05) is 32.0 Å². The quantitative estimate of drug-likeness (QED) is 0.827. The van der Waals surface area contributed by atoms with Crippen LogP contribution in [0.3, 0.4) is 0 Å². The minimum absolute atomic E-state index is 0.107. The van der Waals surface area contributed by atoms with Gasteiger partial charge in [0, 0.05) is 25.7 Å². The maximum Gasteiger partial charge on any atom is 0.211 e. The molecular formula is C16H26N2O3S. The largest absolute Gasteiger partial charge is 0.374 e. The minimum Gasteiger partial charge on any atom is -0.374 e. The minimum atomic E-state index is -3.21. The number of sulfonamides is 1. The van der Waals surface area contributed by atoms with Crippen LogP contribution < -0.4 is 4.72 Å². The molecule has 0 aromatic heterocycles. The summed E-state index contributed by atoms with van der Waals surface area (Å²) in [6.07, 6.45) is 0.511. The molecule has 5 nitrogen and oxygen atoms in total. The number of nitrogens with one attached hydrogen (secondary N) is 1. The SMILES string of the molecule is CCCS(=O)(=O)N[C@H](C)[C@@H]1CN(Cc2ccccc2)CCO1. The Labute approximate surface area is 133 Å². The fourth-order valence-electron chi connectivity index (χ4n) is 2.71. The number of ether oxygens (including phenoxy) is 1. The Morgan fingerprint density at radius 1 is 1.36 bits per heavy atom. The Morgan fingerprint density at radius 3 is 2.77 bits per heavy atom. The molecule has 6 heteroatoms. The number of hydrogen-bond donors (Lipinski definition) is 1. The molecule has 0 aliphatic carbocycles. The van der Waals surface area contributed by atoms with Gasteiger partial charge in [-0.15, -0.1) is 0 Å². The summed E-state index contributed by atoms with van der Waals surface area (Å²) in [5, 5.41) is 0. The van der Waals surface area contributed by atoms with Crippen molar-refractivity contribution >= 4 is 10.0 Å². The van der Waals surface area contributed by atoms with E-state index in [0.29, 0.717) is 13.0 Å². The number of rotatable bonds is 7. The Hall–Kier alpha value is -0.950. The van der Waals surface area contributed by atoms with Crippen LogP contribution in [-0.2, 0) is 21.3 Å². The van der Waals surface area contributed by atoms with Crippen molar-refractivity contribution < 1.29 is 13.2 Å². The van der Waals surface area contributed by atoms with Crippen molar-refractivity contribution in [3.8, 4) is 0 Å². The van der Waals surface area contributed by atoms with Gasteiger partial charge in [0.05, 0.1) is 18.5 Å². The molecule has 22 heavy (non-hydrogen) atoms. The van der Waals surface area contributed by atoms with Crippen LogP contribution in [0.5, 0.6) is 0 Å². The highest BCUT2D eigenvalue weighted by molar-refractivity contribution is 7.89. The van der Waals surface area contributed by atoms with Crippen molar-refractivity contribution in [2.24, 2.45) is 0 Å². The molecule has 124 valence electrons. The van der Waals surface area contributed by atoms with E-state index in [1.54, 1.807) is 0 Å². The third-order valence-electron chi connectivity index (χ3n) is 3.82. The van der Waals surface area contributed by atoms with Crippen LogP contribution in [0.25, 0.3) is 0 Å². The second kappa shape index (κ2) is 8.06.